The van der Waals surface area contributed by atoms with E-state index in [4.69, 9.17) is 21.1 Å². The van der Waals surface area contributed by atoms with Crippen molar-refractivity contribution >= 4 is 17.3 Å². The molecular formula is C13H14ClNO2. The first kappa shape index (κ1) is 12.0. The molecule has 0 aliphatic heterocycles. The Labute approximate surface area is 105 Å². The van der Waals surface area contributed by atoms with Crippen LogP contribution in [-0.2, 0) is 13.2 Å². The second kappa shape index (κ2) is 5.25. The van der Waals surface area contributed by atoms with Gasteiger partial charge in [-0.05, 0) is 30.7 Å². The van der Waals surface area contributed by atoms with Crippen molar-refractivity contribution in [2.24, 2.45) is 0 Å². The Bertz CT molecular complexity index is 488. The standard InChI is InChI=1S/C13H14ClNO2/c1-9-3-2-4-12(14)13(9)15-7-10-5-6-11(8-16)17-10/h2-6,15-16H,7-8H2,1H3. The Balaban J connectivity index is 2.07. The number of anilines is 1. The van der Waals surface area contributed by atoms with E-state index in [0.29, 0.717) is 17.3 Å². The molecule has 0 bridgehead atoms. The van der Waals surface area contributed by atoms with Gasteiger partial charge in [0, 0.05) is 0 Å². The van der Waals surface area contributed by atoms with Crippen LogP contribution in [0.25, 0.3) is 0 Å². The van der Waals surface area contributed by atoms with Crippen molar-refractivity contribution in [1.29, 1.82) is 0 Å². The zero-order valence-corrected chi connectivity index (χ0v) is 10.3. The molecular weight excluding hydrogens is 238 g/mol. The molecule has 0 spiro atoms. The maximum atomic E-state index is 8.89. The molecule has 2 N–H and O–H groups in total. The van der Waals surface area contributed by atoms with E-state index < -0.39 is 0 Å². The van der Waals surface area contributed by atoms with Crippen LogP contribution in [0, 0.1) is 6.92 Å². The number of para-hydroxylation sites is 1. The Morgan fingerprint density at radius 2 is 2.00 bits per heavy atom. The van der Waals surface area contributed by atoms with Crippen LogP contribution in [0.1, 0.15) is 17.1 Å². The molecule has 1 aromatic heterocycles. The van der Waals surface area contributed by atoms with E-state index in [1.807, 2.05) is 31.2 Å². The molecule has 0 unspecified atom stereocenters. The Hall–Kier alpha value is -1.45. The summed E-state index contributed by atoms with van der Waals surface area (Å²) in [4.78, 5) is 0. The summed E-state index contributed by atoms with van der Waals surface area (Å²) in [7, 11) is 0. The summed E-state index contributed by atoms with van der Waals surface area (Å²) >= 11 is 6.10. The van der Waals surface area contributed by atoms with Crippen LogP contribution >= 0.6 is 11.6 Å². The fourth-order valence-electron chi connectivity index (χ4n) is 1.63. The van der Waals surface area contributed by atoms with Crippen molar-refractivity contribution in [3.63, 3.8) is 0 Å². The molecule has 0 aliphatic carbocycles. The fraction of sp³-hybridized carbons (Fsp3) is 0.231. The van der Waals surface area contributed by atoms with Gasteiger partial charge in [0.05, 0.1) is 17.3 Å². The molecule has 0 fully saturated rings. The lowest BCUT2D eigenvalue weighted by molar-refractivity contribution is 0.244. The number of aliphatic hydroxyl groups excluding tert-OH is 1. The number of aliphatic hydroxyl groups is 1. The minimum absolute atomic E-state index is 0.0783. The average molecular weight is 252 g/mol. The molecule has 4 heteroatoms. The Kier molecular flexibility index (Phi) is 3.71. The molecule has 0 radical (unpaired) electrons. The number of aryl methyl sites for hydroxylation is 1. The third-order valence-electron chi connectivity index (χ3n) is 2.53. The highest BCUT2D eigenvalue weighted by molar-refractivity contribution is 6.33. The molecule has 0 amide bonds. The number of halogens is 1. The minimum atomic E-state index is -0.0783. The summed E-state index contributed by atoms with van der Waals surface area (Å²) in [5.74, 6) is 1.34. The fourth-order valence-corrected chi connectivity index (χ4v) is 1.92. The molecule has 1 aromatic carbocycles. The summed E-state index contributed by atoms with van der Waals surface area (Å²) < 4.78 is 5.38. The van der Waals surface area contributed by atoms with Gasteiger partial charge in [0.15, 0.2) is 0 Å². The molecule has 2 aromatic rings. The van der Waals surface area contributed by atoms with E-state index in [1.54, 1.807) is 6.07 Å². The lowest BCUT2D eigenvalue weighted by Crippen LogP contribution is -2.00. The van der Waals surface area contributed by atoms with Gasteiger partial charge in [-0.15, -0.1) is 0 Å². The molecule has 0 atom stereocenters. The zero-order valence-electron chi connectivity index (χ0n) is 9.53. The first-order valence-corrected chi connectivity index (χ1v) is 5.76. The molecule has 2 rings (SSSR count). The SMILES string of the molecule is Cc1cccc(Cl)c1NCc1ccc(CO)o1. The zero-order chi connectivity index (χ0) is 12.3. The summed E-state index contributed by atoms with van der Waals surface area (Å²) in [5.41, 5.74) is 2.00. The predicted octanol–water partition coefficient (Wildman–Crippen LogP) is 3.35. The van der Waals surface area contributed by atoms with Gasteiger partial charge in [-0.3, -0.25) is 0 Å². The molecule has 90 valence electrons. The lowest BCUT2D eigenvalue weighted by Gasteiger charge is -2.09. The third kappa shape index (κ3) is 2.81. The Morgan fingerprint density at radius 1 is 1.24 bits per heavy atom. The van der Waals surface area contributed by atoms with Crippen molar-refractivity contribution in [1.82, 2.24) is 0 Å². The summed E-state index contributed by atoms with van der Waals surface area (Å²) in [6.45, 7) is 2.46. The number of benzene rings is 1. The number of hydrogen-bond donors (Lipinski definition) is 2. The quantitative estimate of drug-likeness (QED) is 0.876. The maximum absolute atomic E-state index is 8.89. The second-order valence-electron chi connectivity index (χ2n) is 3.81. The van der Waals surface area contributed by atoms with Gasteiger partial charge in [-0.2, -0.15) is 0 Å². The molecule has 0 saturated heterocycles. The van der Waals surface area contributed by atoms with E-state index in [2.05, 4.69) is 5.32 Å². The molecule has 17 heavy (non-hydrogen) atoms. The highest BCUT2D eigenvalue weighted by atomic mass is 35.5. The van der Waals surface area contributed by atoms with Gasteiger partial charge in [-0.25, -0.2) is 0 Å². The monoisotopic (exact) mass is 251 g/mol. The van der Waals surface area contributed by atoms with E-state index in [-0.39, 0.29) is 6.61 Å². The summed E-state index contributed by atoms with van der Waals surface area (Å²) in [5, 5.41) is 12.8. The smallest absolute Gasteiger partial charge is 0.129 e. The van der Waals surface area contributed by atoms with Crippen LogP contribution in [0.2, 0.25) is 5.02 Å². The number of rotatable bonds is 4. The molecule has 3 nitrogen and oxygen atoms in total. The number of nitrogens with one attached hydrogen (secondary N) is 1. The van der Waals surface area contributed by atoms with Crippen LogP contribution in [0.15, 0.2) is 34.7 Å². The number of hydrogen-bond acceptors (Lipinski definition) is 3. The summed E-state index contributed by atoms with van der Waals surface area (Å²) in [6.07, 6.45) is 0. The minimum Gasteiger partial charge on any atom is -0.462 e. The first-order chi connectivity index (χ1) is 8.20. The van der Waals surface area contributed by atoms with Gasteiger partial charge in [0.2, 0.25) is 0 Å². The van der Waals surface area contributed by atoms with Crippen LogP contribution in [0.4, 0.5) is 5.69 Å². The highest BCUT2D eigenvalue weighted by Gasteiger charge is 2.05. The number of furan rings is 1. The topological polar surface area (TPSA) is 45.4 Å². The molecule has 0 aliphatic rings. The van der Waals surface area contributed by atoms with Crippen LogP contribution in [0.5, 0.6) is 0 Å². The second-order valence-corrected chi connectivity index (χ2v) is 4.22. The lowest BCUT2D eigenvalue weighted by atomic mass is 10.2. The van der Waals surface area contributed by atoms with Crippen molar-refractivity contribution in [3.05, 3.63) is 52.4 Å². The van der Waals surface area contributed by atoms with Crippen molar-refractivity contribution < 1.29 is 9.52 Å². The third-order valence-corrected chi connectivity index (χ3v) is 2.85. The normalized spacial score (nSPS) is 10.5. The Morgan fingerprint density at radius 3 is 2.65 bits per heavy atom. The van der Waals surface area contributed by atoms with Crippen LogP contribution < -0.4 is 5.32 Å². The van der Waals surface area contributed by atoms with Gasteiger partial charge >= 0.3 is 0 Å². The van der Waals surface area contributed by atoms with E-state index in [0.717, 1.165) is 17.0 Å². The van der Waals surface area contributed by atoms with Gasteiger partial charge < -0.3 is 14.8 Å². The molecule has 0 saturated carbocycles. The van der Waals surface area contributed by atoms with Gasteiger partial charge in [0.25, 0.3) is 0 Å². The van der Waals surface area contributed by atoms with Crippen LogP contribution in [-0.4, -0.2) is 5.11 Å². The average Bonchev–Trinajstić information content (AvgIpc) is 2.76. The first-order valence-electron chi connectivity index (χ1n) is 5.38. The highest BCUT2D eigenvalue weighted by Crippen LogP contribution is 2.25. The van der Waals surface area contributed by atoms with Crippen molar-refractivity contribution in [2.75, 3.05) is 5.32 Å². The largest absolute Gasteiger partial charge is 0.462 e. The van der Waals surface area contributed by atoms with Crippen molar-refractivity contribution in [2.45, 2.75) is 20.1 Å². The predicted molar refractivity (Wildman–Crippen MR) is 68.1 cm³/mol. The van der Waals surface area contributed by atoms with Gasteiger partial charge in [-0.1, -0.05) is 23.7 Å². The van der Waals surface area contributed by atoms with E-state index in [1.165, 1.54) is 0 Å². The van der Waals surface area contributed by atoms with Crippen molar-refractivity contribution in [3.8, 4) is 0 Å². The summed E-state index contributed by atoms with van der Waals surface area (Å²) in [6, 6.07) is 9.36. The maximum Gasteiger partial charge on any atom is 0.129 e. The van der Waals surface area contributed by atoms with Gasteiger partial charge in [0.1, 0.15) is 18.1 Å². The molecule has 1 heterocycles. The van der Waals surface area contributed by atoms with Crippen LogP contribution in [0.3, 0.4) is 0 Å². The van der Waals surface area contributed by atoms with E-state index >= 15 is 0 Å². The van der Waals surface area contributed by atoms with E-state index in [9.17, 15) is 0 Å².